The van der Waals surface area contributed by atoms with Gasteiger partial charge in [-0.2, -0.15) is 0 Å². The Kier molecular flexibility index (Phi) is 3.55. The Hall–Kier alpha value is -2.08. The van der Waals surface area contributed by atoms with Crippen molar-refractivity contribution in [3.63, 3.8) is 0 Å². The van der Waals surface area contributed by atoms with Gasteiger partial charge in [-0.1, -0.05) is 12.1 Å². The maximum atomic E-state index is 12.7. The Morgan fingerprint density at radius 1 is 1.43 bits per heavy atom. The van der Waals surface area contributed by atoms with Crippen molar-refractivity contribution in [2.45, 2.75) is 18.6 Å². The molecule has 1 saturated heterocycles. The van der Waals surface area contributed by atoms with Crippen molar-refractivity contribution in [1.29, 1.82) is 0 Å². The molecule has 2 aliphatic rings. The summed E-state index contributed by atoms with van der Waals surface area (Å²) in [6.07, 6.45) is 0.363. The second-order valence-electron chi connectivity index (χ2n) is 5.34. The number of fused-ring (bicyclic) bond motifs is 3. The third-order valence-corrected chi connectivity index (χ3v) is 3.99. The van der Waals surface area contributed by atoms with Gasteiger partial charge in [0.1, 0.15) is 24.5 Å². The van der Waals surface area contributed by atoms with Crippen LogP contribution in [0.25, 0.3) is 0 Å². The number of ether oxygens (including phenoxy) is 2. The molecule has 0 aliphatic carbocycles. The third-order valence-electron chi connectivity index (χ3n) is 3.99. The van der Waals surface area contributed by atoms with E-state index in [2.05, 4.69) is 0 Å². The van der Waals surface area contributed by atoms with E-state index in [4.69, 9.17) is 9.47 Å². The maximum absolute atomic E-state index is 12.7. The quantitative estimate of drug-likeness (QED) is 0.803. The molecule has 1 aromatic rings. The minimum Gasteiger partial charge on any atom is -0.486 e. The number of carbonyl (C=O) groups is 2. The van der Waals surface area contributed by atoms with Crippen LogP contribution < -0.4 is 9.64 Å². The van der Waals surface area contributed by atoms with E-state index in [9.17, 15) is 9.59 Å². The van der Waals surface area contributed by atoms with Gasteiger partial charge in [0.25, 0.3) is 0 Å². The molecule has 2 atom stereocenters. The molecule has 2 bridgehead atoms. The molecule has 6 nitrogen and oxygen atoms in total. The van der Waals surface area contributed by atoms with E-state index in [1.165, 1.54) is 7.11 Å². The number of para-hydroxylation sites is 2. The van der Waals surface area contributed by atoms with Crippen molar-refractivity contribution >= 4 is 17.5 Å². The van der Waals surface area contributed by atoms with Crippen molar-refractivity contribution in [1.82, 2.24) is 4.90 Å². The Balaban J connectivity index is 1.94. The Morgan fingerprint density at radius 2 is 2.19 bits per heavy atom. The Labute approximate surface area is 123 Å². The van der Waals surface area contributed by atoms with E-state index in [0.717, 1.165) is 5.69 Å². The first-order chi connectivity index (χ1) is 10.1. The van der Waals surface area contributed by atoms with Crippen molar-refractivity contribution in [3.05, 3.63) is 24.3 Å². The van der Waals surface area contributed by atoms with Crippen molar-refractivity contribution in [2.24, 2.45) is 0 Å². The number of carbonyl (C=O) groups excluding carboxylic acids is 2. The van der Waals surface area contributed by atoms with Gasteiger partial charge in [-0.15, -0.1) is 0 Å². The van der Waals surface area contributed by atoms with Crippen molar-refractivity contribution in [3.8, 4) is 5.75 Å². The number of likely N-dealkylation sites (tertiary alicyclic amines) is 1. The molecule has 2 heterocycles. The molecule has 0 aromatic heterocycles. The van der Waals surface area contributed by atoms with Gasteiger partial charge in [0.05, 0.1) is 12.2 Å². The van der Waals surface area contributed by atoms with E-state index < -0.39 is 6.04 Å². The van der Waals surface area contributed by atoms with Crippen LogP contribution in [0.5, 0.6) is 5.75 Å². The topological polar surface area (TPSA) is 59.1 Å². The average molecular weight is 290 g/mol. The number of nitrogens with zero attached hydrogens (tertiary/aromatic N) is 2. The Bertz CT molecular complexity index is 575. The van der Waals surface area contributed by atoms with Crippen LogP contribution in [0.3, 0.4) is 0 Å². The van der Waals surface area contributed by atoms with Crippen LogP contribution >= 0.6 is 0 Å². The lowest BCUT2D eigenvalue weighted by Gasteiger charge is -2.29. The monoisotopic (exact) mass is 290 g/mol. The van der Waals surface area contributed by atoms with Crippen LogP contribution in [-0.4, -0.2) is 56.2 Å². The van der Waals surface area contributed by atoms with Crippen molar-refractivity contribution < 1.29 is 19.1 Å². The number of benzene rings is 1. The minimum absolute atomic E-state index is 0.0207. The molecular formula is C15H18N2O4. The zero-order valence-corrected chi connectivity index (χ0v) is 12.1. The van der Waals surface area contributed by atoms with Gasteiger partial charge < -0.3 is 19.3 Å². The molecule has 0 spiro atoms. The van der Waals surface area contributed by atoms with Crippen LogP contribution in [0.2, 0.25) is 0 Å². The van der Waals surface area contributed by atoms with Gasteiger partial charge in [0.2, 0.25) is 11.8 Å². The number of methoxy groups -OCH3 is 1. The highest BCUT2D eigenvalue weighted by Crippen LogP contribution is 2.35. The van der Waals surface area contributed by atoms with Crippen LogP contribution in [0.1, 0.15) is 6.42 Å². The highest BCUT2D eigenvalue weighted by atomic mass is 16.5. The third kappa shape index (κ3) is 2.35. The summed E-state index contributed by atoms with van der Waals surface area (Å²) in [5, 5.41) is 0. The highest BCUT2D eigenvalue weighted by Gasteiger charge is 2.43. The second-order valence-corrected chi connectivity index (χ2v) is 5.34. The number of amides is 2. The molecule has 3 rings (SSSR count). The molecule has 21 heavy (non-hydrogen) atoms. The summed E-state index contributed by atoms with van der Waals surface area (Å²) in [5.41, 5.74) is 0.734. The van der Waals surface area contributed by atoms with E-state index in [-0.39, 0.29) is 24.5 Å². The molecule has 1 fully saturated rings. The number of hydrogen-bond acceptors (Lipinski definition) is 4. The van der Waals surface area contributed by atoms with E-state index >= 15 is 0 Å². The Morgan fingerprint density at radius 3 is 2.95 bits per heavy atom. The van der Waals surface area contributed by atoms with Gasteiger partial charge in [0, 0.05) is 20.6 Å². The zero-order chi connectivity index (χ0) is 15.0. The lowest BCUT2D eigenvalue weighted by atomic mass is 10.1. The fourth-order valence-electron chi connectivity index (χ4n) is 2.95. The molecule has 0 N–H and O–H groups in total. The SMILES string of the molecule is COCC(=O)N1C[C@@H]2C[C@H]1C(=O)N(C)c1ccccc1O2. The molecule has 2 amide bonds. The van der Waals surface area contributed by atoms with Crippen LogP contribution in [0.15, 0.2) is 24.3 Å². The van der Waals surface area contributed by atoms with Crippen LogP contribution in [0.4, 0.5) is 5.69 Å². The summed E-state index contributed by atoms with van der Waals surface area (Å²) in [6.45, 7) is 0.397. The fourth-order valence-corrected chi connectivity index (χ4v) is 2.95. The first-order valence-corrected chi connectivity index (χ1v) is 6.93. The summed E-state index contributed by atoms with van der Waals surface area (Å²) < 4.78 is 10.9. The molecule has 1 aromatic carbocycles. The lowest BCUT2D eigenvalue weighted by Crippen LogP contribution is -2.47. The first kappa shape index (κ1) is 13.9. The molecule has 6 heteroatoms. The first-order valence-electron chi connectivity index (χ1n) is 6.93. The predicted octanol–water partition coefficient (Wildman–Crippen LogP) is 0.658. The number of likely N-dealkylation sites (N-methyl/N-ethyl adjacent to an activating group) is 1. The van der Waals surface area contributed by atoms with E-state index in [0.29, 0.717) is 18.7 Å². The molecule has 2 aliphatic heterocycles. The van der Waals surface area contributed by atoms with Gasteiger partial charge in [-0.05, 0) is 12.1 Å². The molecule has 0 unspecified atom stereocenters. The molecule has 0 radical (unpaired) electrons. The van der Waals surface area contributed by atoms with E-state index in [1.54, 1.807) is 16.8 Å². The highest BCUT2D eigenvalue weighted by molar-refractivity contribution is 6.00. The minimum atomic E-state index is -0.476. The van der Waals surface area contributed by atoms with Gasteiger partial charge in [-0.25, -0.2) is 0 Å². The number of hydrogen-bond donors (Lipinski definition) is 0. The molecular weight excluding hydrogens is 272 g/mol. The predicted molar refractivity (Wildman–Crippen MR) is 76.3 cm³/mol. The summed E-state index contributed by atoms with van der Waals surface area (Å²) in [6, 6.07) is 6.96. The molecule has 0 saturated carbocycles. The smallest absolute Gasteiger partial charge is 0.249 e. The van der Waals surface area contributed by atoms with E-state index in [1.807, 2.05) is 24.3 Å². The van der Waals surface area contributed by atoms with Crippen LogP contribution in [0, 0.1) is 0 Å². The largest absolute Gasteiger partial charge is 0.486 e. The standard InChI is InChI=1S/C15H18N2O4/c1-16-11-5-3-4-6-13(11)21-10-7-12(15(16)19)17(8-10)14(18)9-20-2/h3-6,10,12H,7-9H2,1-2H3/t10-,12-/m0/s1. The second kappa shape index (κ2) is 5.37. The van der Waals surface area contributed by atoms with Gasteiger partial charge in [0.15, 0.2) is 0 Å². The van der Waals surface area contributed by atoms with Gasteiger partial charge in [-0.3, -0.25) is 9.59 Å². The number of anilines is 1. The zero-order valence-electron chi connectivity index (χ0n) is 12.1. The van der Waals surface area contributed by atoms with Gasteiger partial charge >= 0.3 is 0 Å². The van der Waals surface area contributed by atoms with Crippen molar-refractivity contribution in [2.75, 3.05) is 32.2 Å². The summed E-state index contributed by atoms with van der Waals surface area (Å²) in [4.78, 5) is 27.9. The molecule has 112 valence electrons. The average Bonchev–Trinajstić information content (AvgIpc) is 2.90. The summed E-state index contributed by atoms with van der Waals surface area (Å²) >= 11 is 0. The maximum Gasteiger partial charge on any atom is 0.249 e. The normalized spacial score (nSPS) is 24.2. The number of rotatable bonds is 2. The summed E-state index contributed by atoms with van der Waals surface area (Å²) in [5.74, 6) is 0.414. The summed E-state index contributed by atoms with van der Waals surface area (Å²) in [7, 11) is 3.18. The fraction of sp³-hybridized carbons (Fsp3) is 0.467. The van der Waals surface area contributed by atoms with Crippen LogP contribution in [-0.2, 0) is 14.3 Å². The lowest BCUT2D eigenvalue weighted by molar-refractivity contribution is -0.140.